The molecule has 2 heterocycles. The van der Waals surface area contributed by atoms with E-state index in [-0.39, 0.29) is 22.4 Å². The van der Waals surface area contributed by atoms with Crippen LogP contribution in [-0.2, 0) is 14.8 Å². The molecule has 10 nitrogen and oxygen atoms in total. The number of nitrogens with one attached hydrogen (secondary N) is 3. The molecule has 3 N–H and O–H groups in total. The lowest BCUT2D eigenvalue weighted by Crippen LogP contribution is -2.35. The topological polar surface area (TPSA) is 139 Å². The number of anilines is 4. The average Bonchev–Trinajstić information content (AvgIpc) is 3.27. The van der Waals surface area contributed by atoms with Crippen LogP contribution in [0.3, 0.4) is 0 Å². The van der Waals surface area contributed by atoms with Crippen LogP contribution in [0.15, 0.2) is 47.4 Å². The van der Waals surface area contributed by atoms with Crippen molar-refractivity contribution in [2.24, 2.45) is 0 Å². The number of amides is 1. The second-order valence-electron chi connectivity index (χ2n) is 7.58. The van der Waals surface area contributed by atoms with Crippen LogP contribution in [0.4, 0.5) is 23.0 Å². The van der Waals surface area contributed by atoms with E-state index in [2.05, 4.69) is 34.1 Å². The summed E-state index contributed by atoms with van der Waals surface area (Å²) >= 11 is 1.12. The van der Waals surface area contributed by atoms with Gasteiger partial charge >= 0.3 is 0 Å². The van der Waals surface area contributed by atoms with Crippen molar-refractivity contribution >= 4 is 73.9 Å². The Morgan fingerprint density at radius 1 is 0.882 bits per heavy atom. The molecule has 0 radical (unpaired) electrons. The van der Waals surface area contributed by atoms with Crippen molar-refractivity contribution in [3.05, 3.63) is 53.2 Å². The summed E-state index contributed by atoms with van der Waals surface area (Å²) in [4.78, 5) is 20.4. The Hall–Kier alpha value is -3.90. The number of sulfonamides is 1. The molecule has 0 aliphatic heterocycles. The quantitative estimate of drug-likeness (QED) is 0.372. The Bertz CT molecular complexity index is 1630. The summed E-state index contributed by atoms with van der Waals surface area (Å²) in [7, 11) is -3.98. The van der Waals surface area contributed by atoms with Gasteiger partial charge < -0.3 is 10.6 Å². The summed E-state index contributed by atoms with van der Waals surface area (Å²) in [5.74, 6) is 0.104. The zero-order valence-corrected chi connectivity index (χ0v) is 19.6. The summed E-state index contributed by atoms with van der Waals surface area (Å²) < 4.78 is 37.2. The minimum absolute atomic E-state index is 0.0255. The molecule has 4 aromatic rings. The van der Waals surface area contributed by atoms with Crippen LogP contribution in [0.1, 0.15) is 19.8 Å². The minimum Gasteiger partial charge on any atom is -0.337 e. The van der Waals surface area contributed by atoms with Gasteiger partial charge in [0.2, 0.25) is 5.91 Å². The molecule has 5 rings (SSSR count). The molecule has 0 saturated heterocycles. The summed E-state index contributed by atoms with van der Waals surface area (Å²) in [6.07, 6.45) is 5.54. The van der Waals surface area contributed by atoms with E-state index in [1.165, 1.54) is 31.2 Å². The van der Waals surface area contributed by atoms with Crippen LogP contribution in [-0.4, -0.2) is 33.0 Å². The predicted octanol–water partition coefficient (Wildman–Crippen LogP) is 2.34. The van der Waals surface area contributed by atoms with Gasteiger partial charge in [0.05, 0.1) is 27.3 Å². The maximum atomic E-state index is 13.1. The molecule has 2 aromatic carbocycles. The summed E-state index contributed by atoms with van der Waals surface area (Å²) in [5, 5.41) is 7.08. The molecule has 0 fully saturated rings. The largest absolute Gasteiger partial charge is 0.337 e. The number of rotatable bonds is 6. The van der Waals surface area contributed by atoms with Gasteiger partial charge in [0.15, 0.2) is 11.6 Å². The van der Waals surface area contributed by atoms with E-state index >= 15 is 0 Å². The number of aromatic nitrogens is 4. The van der Waals surface area contributed by atoms with Crippen molar-refractivity contribution in [1.29, 1.82) is 0 Å². The zero-order valence-electron chi connectivity index (χ0n) is 17.9. The van der Waals surface area contributed by atoms with Crippen molar-refractivity contribution in [2.45, 2.75) is 24.7 Å². The molecule has 0 spiro atoms. The normalized spacial score (nSPS) is 12.9. The van der Waals surface area contributed by atoms with E-state index in [4.69, 9.17) is 0 Å². The SMILES string of the molecule is CC(=O)Nc1ccc(S(=O)(=O)Nc2nc3c(nc2Nc2ccc4nsnc4c2)=CCCC=3)cc1. The van der Waals surface area contributed by atoms with Gasteiger partial charge in [-0.15, -0.1) is 0 Å². The van der Waals surface area contributed by atoms with E-state index < -0.39 is 10.0 Å². The van der Waals surface area contributed by atoms with Crippen LogP contribution in [0.5, 0.6) is 0 Å². The first-order chi connectivity index (χ1) is 16.4. The number of hydrogen-bond donors (Lipinski definition) is 3. The van der Waals surface area contributed by atoms with E-state index in [9.17, 15) is 13.2 Å². The predicted molar refractivity (Wildman–Crippen MR) is 132 cm³/mol. The number of carbonyl (C=O) groups excluding carboxylic acids is 1. The molecular weight excluding hydrogens is 474 g/mol. The van der Waals surface area contributed by atoms with Crippen LogP contribution in [0.25, 0.3) is 23.2 Å². The van der Waals surface area contributed by atoms with E-state index in [1.54, 1.807) is 0 Å². The summed E-state index contributed by atoms with van der Waals surface area (Å²) in [6, 6.07) is 11.3. The molecule has 172 valence electrons. The first kappa shape index (κ1) is 21.9. The third-order valence-corrected chi connectivity index (χ3v) is 6.94. The highest BCUT2D eigenvalue weighted by molar-refractivity contribution is 7.92. The lowest BCUT2D eigenvalue weighted by molar-refractivity contribution is -0.114. The van der Waals surface area contributed by atoms with E-state index in [1.807, 2.05) is 30.4 Å². The first-order valence-electron chi connectivity index (χ1n) is 10.4. The molecule has 2 aromatic heterocycles. The van der Waals surface area contributed by atoms with Crippen molar-refractivity contribution in [2.75, 3.05) is 15.4 Å². The molecule has 0 bridgehead atoms. The maximum absolute atomic E-state index is 13.1. The Morgan fingerprint density at radius 2 is 1.53 bits per heavy atom. The number of hydrogen-bond acceptors (Lipinski definition) is 9. The monoisotopic (exact) mass is 493 g/mol. The molecule has 0 saturated carbocycles. The molecule has 34 heavy (non-hydrogen) atoms. The van der Waals surface area contributed by atoms with Gasteiger partial charge in [0.25, 0.3) is 10.0 Å². The van der Waals surface area contributed by atoms with Gasteiger partial charge in [0, 0.05) is 18.3 Å². The lowest BCUT2D eigenvalue weighted by Gasteiger charge is -2.14. The smallest absolute Gasteiger partial charge is 0.263 e. The third kappa shape index (κ3) is 4.58. The molecule has 0 atom stereocenters. The maximum Gasteiger partial charge on any atom is 0.263 e. The van der Waals surface area contributed by atoms with Crippen molar-refractivity contribution in [3.63, 3.8) is 0 Å². The van der Waals surface area contributed by atoms with Gasteiger partial charge in [-0.2, -0.15) is 8.75 Å². The van der Waals surface area contributed by atoms with E-state index in [0.717, 1.165) is 35.6 Å². The van der Waals surface area contributed by atoms with Crippen LogP contribution in [0, 0.1) is 0 Å². The standard InChI is InChI=1S/C22H19N7O3S2/c1-13(30)23-14-6-9-16(10-7-14)34(31,32)29-22-21(25-17-4-2-3-5-18(17)26-22)24-15-8-11-19-20(12-15)28-33-27-19/h4-12H,2-3H2,1H3,(H,23,30)(H,24,25)(H,26,29). The number of fused-ring (bicyclic) bond motifs is 2. The van der Waals surface area contributed by atoms with Gasteiger partial charge in [0.1, 0.15) is 11.0 Å². The molecule has 1 amide bonds. The highest BCUT2D eigenvalue weighted by Crippen LogP contribution is 2.25. The van der Waals surface area contributed by atoms with Crippen molar-refractivity contribution < 1.29 is 13.2 Å². The van der Waals surface area contributed by atoms with Gasteiger partial charge in [-0.1, -0.05) is 12.2 Å². The number of carbonyl (C=O) groups is 1. The summed E-state index contributed by atoms with van der Waals surface area (Å²) in [5.41, 5.74) is 2.68. The molecule has 1 aliphatic carbocycles. The second kappa shape index (κ2) is 8.80. The zero-order chi connectivity index (χ0) is 23.7. The Morgan fingerprint density at radius 3 is 2.24 bits per heavy atom. The minimum atomic E-state index is -3.98. The molecule has 0 unspecified atom stereocenters. The van der Waals surface area contributed by atoms with Crippen LogP contribution >= 0.6 is 11.7 Å². The lowest BCUT2D eigenvalue weighted by atomic mass is 10.2. The van der Waals surface area contributed by atoms with Crippen LogP contribution in [0.2, 0.25) is 0 Å². The third-order valence-electron chi connectivity index (χ3n) is 5.03. The fourth-order valence-corrected chi connectivity index (χ4v) is 4.99. The van der Waals surface area contributed by atoms with Crippen LogP contribution < -0.4 is 26.1 Å². The fourth-order valence-electron chi connectivity index (χ4n) is 3.46. The number of nitrogens with zero attached hydrogens (tertiary/aromatic N) is 4. The highest BCUT2D eigenvalue weighted by Gasteiger charge is 2.19. The molecule has 12 heteroatoms. The van der Waals surface area contributed by atoms with E-state index in [0.29, 0.717) is 22.1 Å². The summed E-state index contributed by atoms with van der Waals surface area (Å²) in [6.45, 7) is 1.38. The second-order valence-corrected chi connectivity index (χ2v) is 9.79. The van der Waals surface area contributed by atoms with Gasteiger partial charge in [-0.05, 0) is 55.3 Å². The highest BCUT2D eigenvalue weighted by atomic mass is 32.2. The fraction of sp³-hybridized carbons (Fsp3) is 0.136. The van der Waals surface area contributed by atoms with Gasteiger partial charge in [-0.3, -0.25) is 9.52 Å². The Labute approximate surface area is 198 Å². The Balaban J connectivity index is 1.51. The molecule has 1 aliphatic rings. The number of benzene rings is 2. The van der Waals surface area contributed by atoms with Gasteiger partial charge in [-0.25, -0.2) is 18.4 Å². The Kier molecular flexibility index (Phi) is 5.67. The van der Waals surface area contributed by atoms with Crippen molar-refractivity contribution in [3.8, 4) is 0 Å². The van der Waals surface area contributed by atoms with Crippen molar-refractivity contribution in [1.82, 2.24) is 18.7 Å². The average molecular weight is 494 g/mol. The first-order valence-corrected chi connectivity index (χ1v) is 12.6. The molecular formula is C22H19N7O3S2.